The van der Waals surface area contributed by atoms with Crippen molar-refractivity contribution >= 4 is 5.78 Å². The largest absolute Gasteiger partial charge is 0.494 e. The van der Waals surface area contributed by atoms with Crippen molar-refractivity contribution in [3.63, 3.8) is 0 Å². The molecule has 0 aromatic heterocycles. The second-order valence-corrected chi connectivity index (χ2v) is 5.40. The highest BCUT2D eigenvalue weighted by molar-refractivity contribution is 6.02. The minimum atomic E-state index is -0.638. The van der Waals surface area contributed by atoms with Crippen LogP contribution in [0.2, 0.25) is 0 Å². The number of ether oxygens (including phenoxy) is 2. The smallest absolute Gasteiger partial charge is 0.194 e. The second-order valence-electron chi connectivity index (χ2n) is 5.40. The highest BCUT2D eigenvalue weighted by Gasteiger charge is 2.39. The van der Waals surface area contributed by atoms with Gasteiger partial charge >= 0.3 is 0 Å². The summed E-state index contributed by atoms with van der Waals surface area (Å²) in [6.07, 6.45) is 6.15. The van der Waals surface area contributed by atoms with Crippen LogP contribution in [-0.4, -0.2) is 25.1 Å². The average molecular weight is 276 g/mol. The minimum Gasteiger partial charge on any atom is -0.494 e. The molecule has 0 aliphatic heterocycles. The number of hydrogen-bond acceptors (Lipinski definition) is 3. The first kappa shape index (κ1) is 15.0. The molecule has 0 amide bonds. The van der Waals surface area contributed by atoms with Crippen molar-refractivity contribution in [1.29, 1.82) is 0 Å². The molecule has 0 radical (unpaired) electrons. The van der Waals surface area contributed by atoms with Crippen LogP contribution in [0.25, 0.3) is 0 Å². The summed E-state index contributed by atoms with van der Waals surface area (Å²) in [5.74, 6) is 0.849. The summed E-state index contributed by atoms with van der Waals surface area (Å²) >= 11 is 0. The van der Waals surface area contributed by atoms with Crippen molar-refractivity contribution in [3.05, 3.63) is 29.8 Å². The average Bonchev–Trinajstić information content (AvgIpc) is 2.73. The third-order valence-electron chi connectivity index (χ3n) is 4.12. The lowest BCUT2D eigenvalue weighted by Gasteiger charge is -2.29. The van der Waals surface area contributed by atoms with E-state index in [0.717, 1.165) is 31.4 Å². The molecule has 1 fully saturated rings. The maximum Gasteiger partial charge on any atom is 0.194 e. The van der Waals surface area contributed by atoms with Gasteiger partial charge < -0.3 is 9.47 Å². The molecule has 0 unspecified atom stereocenters. The number of methoxy groups -OCH3 is 1. The van der Waals surface area contributed by atoms with E-state index in [-0.39, 0.29) is 5.78 Å². The van der Waals surface area contributed by atoms with Gasteiger partial charge in [-0.1, -0.05) is 37.8 Å². The van der Waals surface area contributed by atoms with Crippen LogP contribution in [0.1, 0.15) is 55.8 Å². The Bertz CT molecular complexity index is 445. The number of carbonyl (C=O) groups excluding carboxylic acids is 1. The highest BCUT2D eigenvalue weighted by Crippen LogP contribution is 2.33. The van der Waals surface area contributed by atoms with Crippen molar-refractivity contribution in [2.24, 2.45) is 0 Å². The van der Waals surface area contributed by atoms with Gasteiger partial charge in [-0.25, -0.2) is 0 Å². The van der Waals surface area contributed by atoms with Crippen LogP contribution in [0.5, 0.6) is 5.75 Å². The normalized spacial score (nSPS) is 18.3. The summed E-state index contributed by atoms with van der Waals surface area (Å²) < 4.78 is 11.2. The van der Waals surface area contributed by atoms with Crippen molar-refractivity contribution in [2.75, 3.05) is 13.7 Å². The van der Waals surface area contributed by atoms with Crippen molar-refractivity contribution < 1.29 is 14.3 Å². The summed E-state index contributed by atoms with van der Waals surface area (Å²) in [4.78, 5) is 12.9. The van der Waals surface area contributed by atoms with Crippen LogP contribution in [0, 0.1) is 0 Å². The molecular formula is C17H24O3. The highest BCUT2D eigenvalue weighted by atomic mass is 16.5. The molecule has 3 heteroatoms. The fourth-order valence-electron chi connectivity index (χ4n) is 2.98. The summed E-state index contributed by atoms with van der Waals surface area (Å²) in [6.45, 7) is 2.55. The Labute approximate surface area is 121 Å². The molecule has 3 nitrogen and oxygen atoms in total. The number of carbonyl (C=O) groups is 1. The molecule has 0 atom stereocenters. The van der Waals surface area contributed by atoms with Crippen LogP contribution in [0.3, 0.4) is 0 Å². The molecule has 1 aliphatic carbocycles. The first-order chi connectivity index (χ1) is 9.72. The third-order valence-corrected chi connectivity index (χ3v) is 4.12. The lowest BCUT2D eigenvalue weighted by atomic mass is 9.85. The van der Waals surface area contributed by atoms with Gasteiger partial charge in [0.15, 0.2) is 5.78 Å². The standard InChI is InChI=1S/C17H24O3/c1-3-20-15-10-8-9-14(13-15)16(18)17(19-2)11-6-4-5-7-12-17/h8-10,13H,3-7,11-12H2,1-2H3. The SMILES string of the molecule is CCOc1cccc(C(=O)C2(OC)CCCCCC2)c1. The lowest BCUT2D eigenvalue weighted by molar-refractivity contribution is -0.00694. The molecule has 1 saturated carbocycles. The molecule has 0 heterocycles. The molecule has 110 valence electrons. The Morgan fingerprint density at radius 1 is 1.20 bits per heavy atom. The molecule has 1 aliphatic rings. The van der Waals surface area contributed by atoms with E-state index in [1.807, 2.05) is 31.2 Å². The first-order valence-corrected chi connectivity index (χ1v) is 7.54. The molecule has 20 heavy (non-hydrogen) atoms. The number of ketones is 1. The van der Waals surface area contributed by atoms with E-state index in [0.29, 0.717) is 12.2 Å². The molecule has 1 aromatic carbocycles. The van der Waals surface area contributed by atoms with E-state index in [2.05, 4.69) is 0 Å². The van der Waals surface area contributed by atoms with Gasteiger partial charge in [0.25, 0.3) is 0 Å². The predicted octanol–water partition coefficient (Wildman–Crippen LogP) is 4.01. The molecule has 0 N–H and O–H groups in total. The van der Waals surface area contributed by atoms with E-state index >= 15 is 0 Å². The molecule has 1 aromatic rings. The zero-order valence-corrected chi connectivity index (χ0v) is 12.5. The molecule has 0 saturated heterocycles. The van der Waals surface area contributed by atoms with E-state index in [1.54, 1.807) is 7.11 Å². The molecule has 0 spiro atoms. The summed E-state index contributed by atoms with van der Waals surface area (Å²) in [6, 6.07) is 7.44. The number of hydrogen-bond donors (Lipinski definition) is 0. The molecule has 0 bridgehead atoms. The van der Waals surface area contributed by atoms with Gasteiger partial charge in [0, 0.05) is 12.7 Å². The first-order valence-electron chi connectivity index (χ1n) is 7.54. The zero-order valence-electron chi connectivity index (χ0n) is 12.5. The van der Waals surface area contributed by atoms with Crippen LogP contribution >= 0.6 is 0 Å². The van der Waals surface area contributed by atoms with Gasteiger partial charge in [-0.2, -0.15) is 0 Å². The molecular weight excluding hydrogens is 252 g/mol. The maximum absolute atomic E-state index is 12.9. The second kappa shape index (κ2) is 6.89. The summed E-state index contributed by atoms with van der Waals surface area (Å²) in [7, 11) is 1.66. The molecule has 2 rings (SSSR count). The van der Waals surface area contributed by atoms with Gasteiger partial charge in [0.2, 0.25) is 0 Å². The Kier molecular flexibility index (Phi) is 5.18. The van der Waals surface area contributed by atoms with Crippen LogP contribution in [0.4, 0.5) is 0 Å². The van der Waals surface area contributed by atoms with Gasteiger partial charge in [-0.05, 0) is 31.9 Å². The van der Waals surface area contributed by atoms with Crippen LogP contribution in [-0.2, 0) is 4.74 Å². The Morgan fingerprint density at radius 3 is 2.50 bits per heavy atom. The van der Waals surface area contributed by atoms with Gasteiger partial charge in [-0.15, -0.1) is 0 Å². The topological polar surface area (TPSA) is 35.5 Å². The number of Topliss-reactive ketones (excluding diaryl/α,β-unsaturated/α-hetero) is 1. The zero-order chi connectivity index (χ0) is 14.4. The predicted molar refractivity (Wildman–Crippen MR) is 79.4 cm³/mol. The fourth-order valence-corrected chi connectivity index (χ4v) is 2.98. The Hall–Kier alpha value is -1.35. The van der Waals surface area contributed by atoms with E-state index in [9.17, 15) is 4.79 Å². The van der Waals surface area contributed by atoms with Crippen molar-refractivity contribution in [2.45, 2.75) is 51.0 Å². The maximum atomic E-state index is 12.9. The number of benzene rings is 1. The van der Waals surface area contributed by atoms with Crippen LogP contribution < -0.4 is 4.74 Å². The lowest BCUT2D eigenvalue weighted by Crippen LogP contribution is -2.40. The monoisotopic (exact) mass is 276 g/mol. The minimum absolute atomic E-state index is 0.100. The van der Waals surface area contributed by atoms with Gasteiger partial charge in [-0.3, -0.25) is 4.79 Å². The number of rotatable bonds is 5. The van der Waals surface area contributed by atoms with Crippen molar-refractivity contribution in [3.8, 4) is 5.75 Å². The summed E-state index contributed by atoms with van der Waals surface area (Å²) in [5.41, 5.74) is 0.0566. The third kappa shape index (κ3) is 3.21. The Balaban J connectivity index is 2.25. The van der Waals surface area contributed by atoms with E-state index in [4.69, 9.17) is 9.47 Å². The van der Waals surface area contributed by atoms with Gasteiger partial charge in [0.05, 0.1) is 6.61 Å². The van der Waals surface area contributed by atoms with Gasteiger partial charge in [0.1, 0.15) is 11.4 Å². The summed E-state index contributed by atoms with van der Waals surface area (Å²) in [5, 5.41) is 0. The van der Waals surface area contributed by atoms with Crippen molar-refractivity contribution in [1.82, 2.24) is 0 Å². The van der Waals surface area contributed by atoms with E-state index < -0.39 is 5.60 Å². The van der Waals surface area contributed by atoms with Crippen LogP contribution in [0.15, 0.2) is 24.3 Å². The Morgan fingerprint density at radius 2 is 1.90 bits per heavy atom. The fraction of sp³-hybridized carbons (Fsp3) is 0.588. The quantitative estimate of drug-likeness (QED) is 0.602. The van der Waals surface area contributed by atoms with E-state index in [1.165, 1.54) is 12.8 Å².